The molecule has 0 aliphatic rings. The van der Waals surface area contributed by atoms with Gasteiger partial charge >= 0.3 is 0 Å². The Balaban J connectivity index is 2.46. The Kier molecular flexibility index (Phi) is 4.41. The van der Waals surface area contributed by atoms with E-state index < -0.39 is 10.0 Å². The van der Waals surface area contributed by atoms with Crippen LogP contribution in [0.15, 0.2) is 50.2 Å². The minimum absolute atomic E-state index is 0.103. The monoisotopic (exact) mass is 418 g/mol. The first kappa shape index (κ1) is 15.3. The van der Waals surface area contributed by atoms with Gasteiger partial charge in [0.2, 0.25) is 0 Å². The van der Waals surface area contributed by atoms with Gasteiger partial charge in [0.25, 0.3) is 10.0 Å². The highest BCUT2D eigenvalue weighted by Crippen LogP contribution is 2.29. The molecule has 0 spiro atoms. The van der Waals surface area contributed by atoms with Crippen LogP contribution in [0.2, 0.25) is 0 Å². The molecule has 0 saturated carbocycles. The van der Waals surface area contributed by atoms with Crippen molar-refractivity contribution < 1.29 is 8.42 Å². The van der Waals surface area contributed by atoms with E-state index in [4.69, 9.17) is 5.73 Å². The summed E-state index contributed by atoms with van der Waals surface area (Å²) in [4.78, 5) is 0.103. The summed E-state index contributed by atoms with van der Waals surface area (Å²) >= 11 is 6.55. The molecule has 0 heterocycles. The molecule has 7 heteroatoms. The SMILES string of the molecule is Cc1ccc(Br)c(NS(=O)(=O)c2cc(N)ccc2Br)c1. The first-order valence-corrected chi connectivity index (χ1v) is 8.70. The first-order valence-electron chi connectivity index (χ1n) is 5.63. The van der Waals surface area contributed by atoms with Crippen LogP contribution in [0, 0.1) is 6.92 Å². The van der Waals surface area contributed by atoms with Crippen LogP contribution in [-0.2, 0) is 10.0 Å². The van der Waals surface area contributed by atoms with Gasteiger partial charge in [0.15, 0.2) is 0 Å². The number of hydrogen-bond acceptors (Lipinski definition) is 3. The molecule has 2 aromatic rings. The minimum Gasteiger partial charge on any atom is -0.399 e. The van der Waals surface area contributed by atoms with Crippen LogP contribution in [0.4, 0.5) is 11.4 Å². The van der Waals surface area contributed by atoms with Crippen LogP contribution in [0.1, 0.15) is 5.56 Å². The average Bonchev–Trinajstić information content (AvgIpc) is 2.36. The summed E-state index contributed by atoms with van der Waals surface area (Å²) < 4.78 is 28.5. The van der Waals surface area contributed by atoms with E-state index in [2.05, 4.69) is 36.6 Å². The molecule has 20 heavy (non-hydrogen) atoms. The summed E-state index contributed by atoms with van der Waals surface area (Å²) in [7, 11) is -3.71. The molecule has 0 radical (unpaired) electrons. The summed E-state index contributed by atoms with van der Waals surface area (Å²) in [5.41, 5.74) is 7.48. The summed E-state index contributed by atoms with van der Waals surface area (Å²) in [6.45, 7) is 1.89. The van der Waals surface area contributed by atoms with Gasteiger partial charge in [0.05, 0.1) is 5.69 Å². The van der Waals surface area contributed by atoms with Crippen LogP contribution in [0.5, 0.6) is 0 Å². The molecule has 0 amide bonds. The molecule has 0 aliphatic heterocycles. The molecule has 106 valence electrons. The number of halogens is 2. The lowest BCUT2D eigenvalue weighted by Gasteiger charge is -2.12. The minimum atomic E-state index is -3.71. The second-order valence-electron chi connectivity index (χ2n) is 4.28. The number of hydrogen-bond donors (Lipinski definition) is 2. The third kappa shape index (κ3) is 3.34. The third-order valence-corrected chi connectivity index (χ3v) is 5.66. The van der Waals surface area contributed by atoms with Crippen LogP contribution in [0.3, 0.4) is 0 Å². The number of anilines is 2. The highest BCUT2D eigenvalue weighted by molar-refractivity contribution is 9.11. The Morgan fingerprint density at radius 3 is 2.40 bits per heavy atom. The van der Waals surface area contributed by atoms with E-state index >= 15 is 0 Å². The highest BCUT2D eigenvalue weighted by atomic mass is 79.9. The zero-order valence-electron chi connectivity index (χ0n) is 10.5. The van der Waals surface area contributed by atoms with Gasteiger partial charge in [-0.15, -0.1) is 0 Å². The summed E-state index contributed by atoms with van der Waals surface area (Å²) in [5, 5.41) is 0. The molecule has 3 N–H and O–H groups in total. The Morgan fingerprint density at radius 1 is 1.05 bits per heavy atom. The molecule has 0 bridgehead atoms. The van der Waals surface area contributed by atoms with Gasteiger partial charge in [-0.05, 0) is 74.7 Å². The molecule has 0 atom stereocenters. The first-order chi connectivity index (χ1) is 9.29. The number of sulfonamides is 1. The van der Waals surface area contributed by atoms with Crippen molar-refractivity contribution in [3.05, 3.63) is 50.9 Å². The summed E-state index contributed by atoms with van der Waals surface area (Å²) in [6, 6.07) is 10.1. The van der Waals surface area contributed by atoms with Crippen LogP contribution < -0.4 is 10.5 Å². The summed E-state index contributed by atoms with van der Waals surface area (Å²) in [5.74, 6) is 0. The molecule has 4 nitrogen and oxygen atoms in total. The predicted octanol–water partition coefficient (Wildman–Crippen LogP) is 3.90. The fourth-order valence-corrected chi connectivity index (χ4v) is 4.19. The van der Waals surface area contributed by atoms with Crippen LogP contribution in [0.25, 0.3) is 0 Å². The van der Waals surface area contributed by atoms with Gasteiger partial charge in [-0.25, -0.2) is 8.42 Å². The van der Waals surface area contributed by atoms with E-state index in [0.717, 1.165) is 5.56 Å². The Labute approximate surface area is 134 Å². The fourth-order valence-electron chi connectivity index (χ4n) is 1.64. The van der Waals surface area contributed by atoms with E-state index in [1.807, 2.05) is 13.0 Å². The topological polar surface area (TPSA) is 72.2 Å². The Hall–Kier alpha value is -1.05. The van der Waals surface area contributed by atoms with Crippen molar-refractivity contribution in [3.63, 3.8) is 0 Å². The number of nitrogens with one attached hydrogen (secondary N) is 1. The smallest absolute Gasteiger partial charge is 0.263 e. The van der Waals surface area contributed by atoms with Crippen molar-refractivity contribution in [2.24, 2.45) is 0 Å². The van der Waals surface area contributed by atoms with E-state index in [9.17, 15) is 8.42 Å². The maximum Gasteiger partial charge on any atom is 0.263 e. The average molecular weight is 420 g/mol. The fraction of sp³-hybridized carbons (Fsp3) is 0.0769. The van der Waals surface area contributed by atoms with Gasteiger partial charge in [-0.3, -0.25) is 4.72 Å². The van der Waals surface area contributed by atoms with E-state index in [-0.39, 0.29) is 4.90 Å². The van der Waals surface area contributed by atoms with Gasteiger partial charge < -0.3 is 5.73 Å². The number of rotatable bonds is 3. The van der Waals surface area contributed by atoms with Gasteiger partial charge in [-0.1, -0.05) is 6.07 Å². The van der Waals surface area contributed by atoms with Crippen molar-refractivity contribution in [1.29, 1.82) is 0 Å². The molecule has 0 aliphatic carbocycles. The van der Waals surface area contributed by atoms with Crippen LogP contribution >= 0.6 is 31.9 Å². The molecule has 2 aromatic carbocycles. The Morgan fingerprint density at radius 2 is 1.70 bits per heavy atom. The number of benzene rings is 2. The number of aryl methyl sites for hydroxylation is 1. The zero-order valence-corrected chi connectivity index (χ0v) is 14.5. The second kappa shape index (κ2) is 5.75. The second-order valence-corrected chi connectivity index (χ2v) is 7.64. The van der Waals surface area contributed by atoms with E-state index in [1.54, 1.807) is 24.3 Å². The van der Waals surface area contributed by atoms with Crippen molar-refractivity contribution in [2.75, 3.05) is 10.5 Å². The third-order valence-electron chi connectivity index (χ3n) is 2.61. The normalized spacial score (nSPS) is 11.3. The number of nitrogen functional groups attached to an aromatic ring is 1. The zero-order chi connectivity index (χ0) is 14.9. The molecule has 0 aromatic heterocycles. The lowest BCUT2D eigenvalue weighted by molar-refractivity contribution is 0.601. The molecule has 0 unspecified atom stereocenters. The lowest BCUT2D eigenvalue weighted by Crippen LogP contribution is -2.14. The van der Waals surface area contributed by atoms with Crippen LogP contribution in [-0.4, -0.2) is 8.42 Å². The Bertz CT molecular complexity index is 761. The number of nitrogens with two attached hydrogens (primary N) is 1. The van der Waals surface area contributed by atoms with Crippen molar-refractivity contribution in [2.45, 2.75) is 11.8 Å². The van der Waals surface area contributed by atoms with E-state index in [0.29, 0.717) is 20.3 Å². The predicted molar refractivity (Wildman–Crippen MR) is 88.2 cm³/mol. The molecule has 0 saturated heterocycles. The van der Waals surface area contributed by atoms with Gasteiger partial charge in [0.1, 0.15) is 4.90 Å². The largest absolute Gasteiger partial charge is 0.399 e. The van der Waals surface area contributed by atoms with Crippen molar-refractivity contribution >= 4 is 53.3 Å². The van der Waals surface area contributed by atoms with Crippen molar-refractivity contribution in [1.82, 2.24) is 0 Å². The lowest BCUT2D eigenvalue weighted by atomic mass is 10.2. The van der Waals surface area contributed by atoms with Crippen molar-refractivity contribution in [3.8, 4) is 0 Å². The summed E-state index contributed by atoms with van der Waals surface area (Å²) in [6.07, 6.45) is 0. The quantitative estimate of drug-likeness (QED) is 0.741. The molecular weight excluding hydrogens is 408 g/mol. The maximum absolute atomic E-state index is 12.4. The standard InChI is InChI=1S/C13H12Br2N2O2S/c1-8-2-4-10(14)12(6-8)17-20(18,19)13-7-9(16)3-5-11(13)15/h2-7,17H,16H2,1H3. The highest BCUT2D eigenvalue weighted by Gasteiger charge is 2.19. The molecule has 0 fully saturated rings. The molecule has 2 rings (SSSR count). The molecular formula is C13H12Br2N2O2S. The van der Waals surface area contributed by atoms with Gasteiger partial charge in [0, 0.05) is 14.6 Å². The van der Waals surface area contributed by atoms with E-state index in [1.165, 1.54) is 6.07 Å². The van der Waals surface area contributed by atoms with Gasteiger partial charge in [-0.2, -0.15) is 0 Å². The maximum atomic E-state index is 12.4.